The topological polar surface area (TPSA) is 37.8 Å². The summed E-state index contributed by atoms with van der Waals surface area (Å²) in [5, 5.41) is 5.69. The first-order valence-electron chi connectivity index (χ1n) is 5.20. The molecule has 0 fully saturated rings. The molecule has 5 heteroatoms. The number of rotatable bonds is 4. The molecule has 0 amide bonds. The van der Waals surface area contributed by atoms with Crippen LogP contribution in [0.4, 0.5) is 0 Å². The van der Waals surface area contributed by atoms with Crippen molar-refractivity contribution in [2.75, 3.05) is 0 Å². The summed E-state index contributed by atoms with van der Waals surface area (Å²) in [4.78, 5) is 11.3. The maximum atomic E-state index is 4.41. The summed E-state index contributed by atoms with van der Waals surface area (Å²) in [6.07, 6.45) is 1.92. The van der Waals surface area contributed by atoms with Crippen LogP contribution in [0, 0.1) is 20.8 Å². The lowest BCUT2D eigenvalue weighted by atomic mass is 10.4. The predicted octanol–water partition coefficient (Wildman–Crippen LogP) is 2.81. The van der Waals surface area contributed by atoms with Gasteiger partial charge in [-0.2, -0.15) is 0 Å². The normalized spacial score (nSPS) is 10.9. The summed E-state index contributed by atoms with van der Waals surface area (Å²) in [5.41, 5.74) is 1.14. The summed E-state index contributed by atoms with van der Waals surface area (Å²) in [6.45, 7) is 7.92. The Bertz CT molecular complexity index is 473. The molecule has 2 aromatic heterocycles. The van der Waals surface area contributed by atoms with Crippen LogP contribution in [0.15, 0.2) is 6.20 Å². The van der Waals surface area contributed by atoms with Gasteiger partial charge in [0.25, 0.3) is 0 Å². The second kappa shape index (κ2) is 5.03. The molecule has 2 rings (SSSR count). The summed E-state index contributed by atoms with van der Waals surface area (Å²) >= 11 is 3.51. The molecule has 0 aliphatic heterocycles. The van der Waals surface area contributed by atoms with Crippen LogP contribution in [0.25, 0.3) is 0 Å². The van der Waals surface area contributed by atoms with Gasteiger partial charge < -0.3 is 5.32 Å². The van der Waals surface area contributed by atoms with Crippen molar-refractivity contribution in [3.05, 3.63) is 31.7 Å². The fourth-order valence-electron chi connectivity index (χ4n) is 1.50. The van der Waals surface area contributed by atoms with E-state index in [1.54, 1.807) is 22.7 Å². The number of hydrogen-bond acceptors (Lipinski definition) is 5. The Kier molecular flexibility index (Phi) is 3.68. The highest BCUT2D eigenvalue weighted by atomic mass is 32.1. The quantitative estimate of drug-likeness (QED) is 0.910. The second-order valence-corrected chi connectivity index (χ2v) is 6.32. The number of thiazole rings is 2. The molecule has 0 saturated heterocycles. The fraction of sp³-hybridized carbons (Fsp3) is 0.455. The number of hydrogen-bond donors (Lipinski definition) is 1. The van der Waals surface area contributed by atoms with E-state index in [0.29, 0.717) is 0 Å². The summed E-state index contributed by atoms with van der Waals surface area (Å²) in [7, 11) is 0. The van der Waals surface area contributed by atoms with E-state index < -0.39 is 0 Å². The number of aryl methyl sites for hydroxylation is 3. The van der Waals surface area contributed by atoms with Crippen molar-refractivity contribution in [2.45, 2.75) is 33.9 Å². The van der Waals surface area contributed by atoms with Crippen molar-refractivity contribution in [1.29, 1.82) is 0 Å². The van der Waals surface area contributed by atoms with Crippen LogP contribution in [0.1, 0.15) is 25.5 Å². The first kappa shape index (κ1) is 11.7. The van der Waals surface area contributed by atoms with Gasteiger partial charge >= 0.3 is 0 Å². The standard InChI is InChI=1S/C11H15N3S2/c1-7-4-13-11(15-7)6-12-5-10-8(2)14-9(3)16-10/h4,12H,5-6H2,1-3H3. The monoisotopic (exact) mass is 253 g/mol. The van der Waals surface area contributed by atoms with Crippen molar-refractivity contribution in [3.8, 4) is 0 Å². The van der Waals surface area contributed by atoms with Gasteiger partial charge in [-0.15, -0.1) is 22.7 Å². The van der Waals surface area contributed by atoms with Crippen LogP contribution in [-0.4, -0.2) is 9.97 Å². The molecule has 0 radical (unpaired) electrons. The van der Waals surface area contributed by atoms with E-state index in [2.05, 4.69) is 29.1 Å². The number of nitrogens with one attached hydrogen (secondary N) is 1. The first-order valence-corrected chi connectivity index (χ1v) is 6.83. The largest absolute Gasteiger partial charge is 0.305 e. The van der Waals surface area contributed by atoms with E-state index in [1.807, 2.05) is 13.1 Å². The van der Waals surface area contributed by atoms with Gasteiger partial charge in [-0.25, -0.2) is 9.97 Å². The molecule has 0 saturated carbocycles. The number of nitrogens with zero attached hydrogens (tertiary/aromatic N) is 2. The van der Waals surface area contributed by atoms with Crippen molar-refractivity contribution in [1.82, 2.24) is 15.3 Å². The Morgan fingerprint density at radius 3 is 2.56 bits per heavy atom. The van der Waals surface area contributed by atoms with Crippen LogP contribution >= 0.6 is 22.7 Å². The lowest BCUT2D eigenvalue weighted by molar-refractivity contribution is 0.693. The molecule has 3 nitrogen and oxygen atoms in total. The molecule has 86 valence electrons. The van der Waals surface area contributed by atoms with Gasteiger partial charge in [0.2, 0.25) is 0 Å². The molecule has 16 heavy (non-hydrogen) atoms. The Morgan fingerprint density at radius 2 is 2.00 bits per heavy atom. The Morgan fingerprint density at radius 1 is 1.19 bits per heavy atom. The fourth-order valence-corrected chi connectivity index (χ4v) is 3.17. The minimum Gasteiger partial charge on any atom is -0.305 e. The summed E-state index contributed by atoms with van der Waals surface area (Å²) in [6, 6.07) is 0. The molecule has 0 atom stereocenters. The zero-order valence-electron chi connectivity index (χ0n) is 9.70. The van der Waals surface area contributed by atoms with Crippen LogP contribution < -0.4 is 5.32 Å². The van der Waals surface area contributed by atoms with Crippen molar-refractivity contribution in [2.24, 2.45) is 0 Å². The third-order valence-electron chi connectivity index (χ3n) is 2.23. The van der Waals surface area contributed by atoms with Gasteiger partial charge in [-0.1, -0.05) is 0 Å². The molecule has 2 aromatic rings. The second-order valence-electron chi connectivity index (χ2n) is 3.71. The van der Waals surface area contributed by atoms with Crippen molar-refractivity contribution < 1.29 is 0 Å². The minimum atomic E-state index is 0.842. The van der Waals surface area contributed by atoms with Crippen LogP contribution in [-0.2, 0) is 13.1 Å². The number of aromatic nitrogens is 2. The van der Waals surface area contributed by atoms with Gasteiger partial charge in [0.1, 0.15) is 5.01 Å². The zero-order valence-corrected chi connectivity index (χ0v) is 11.3. The molecule has 2 heterocycles. The highest BCUT2D eigenvalue weighted by Gasteiger charge is 2.04. The minimum absolute atomic E-state index is 0.842. The van der Waals surface area contributed by atoms with E-state index in [1.165, 1.54) is 9.75 Å². The van der Waals surface area contributed by atoms with E-state index in [0.717, 1.165) is 28.8 Å². The Balaban J connectivity index is 1.86. The lowest BCUT2D eigenvalue weighted by Crippen LogP contribution is -2.12. The van der Waals surface area contributed by atoms with Gasteiger partial charge in [0.15, 0.2) is 0 Å². The van der Waals surface area contributed by atoms with E-state index in [9.17, 15) is 0 Å². The smallest absolute Gasteiger partial charge is 0.107 e. The molecule has 0 aromatic carbocycles. The van der Waals surface area contributed by atoms with Gasteiger partial charge in [0.05, 0.1) is 10.7 Å². The molecule has 0 bridgehead atoms. The van der Waals surface area contributed by atoms with E-state index >= 15 is 0 Å². The SMILES string of the molecule is Cc1cnc(CNCc2sc(C)nc2C)s1. The molecular formula is C11H15N3S2. The average molecular weight is 253 g/mol. The molecular weight excluding hydrogens is 238 g/mol. The van der Waals surface area contributed by atoms with Crippen molar-refractivity contribution >= 4 is 22.7 Å². The van der Waals surface area contributed by atoms with Crippen LogP contribution in [0.5, 0.6) is 0 Å². The predicted molar refractivity (Wildman–Crippen MR) is 69.0 cm³/mol. The summed E-state index contributed by atoms with van der Waals surface area (Å²) in [5.74, 6) is 0. The molecule has 0 unspecified atom stereocenters. The van der Waals surface area contributed by atoms with Gasteiger partial charge in [0, 0.05) is 29.0 Å². The average Bonchev–Trinajstić information content (AvgIpc) is 2.74. The maximum absolute atomic E-state index is 4.41. The Labute approximate surface area is 104 Å². The molecule has 0 aliphatic rings. The van der Waals surface area contributed by atoms with Crippen molar-refractivity contribution in [3.63, 3.8) is 0 Å². The third kappa shape index (κ3) is 2.87. The maximum Gasteiger partial charge on any atom is 0.107 e. The highest BCUT2D eigenvalue weighted by molar-refractivity contribution is 7.11. The van der Waals surface area contributed by atoms with E-state index in [4.69, 9.17) is 0 Å². The molecule has 0 spiro atoms. The van der Waals surface area contributed by atoms with Crippen LogP contribution in [0.2, 0.25) is 0 Å². The van der Waals surface area contributed by atoms with Gasteiger partial charge in [-0.05, 0) is 20.8 Å². The summed E-state index contributed by atoms with van der Waals surface area (Å²) < 4.78 is 0. The first-order chi connectivity index (χ1) is 7.65. The van der Waals surface area contributed by atoms with Crippen LogP contribution in [0.3, 0.4) is 0 Å². The third-order valence-corrected chi connectivity index (χ3v) is 4.22. The van der Waals surface area contributed by atoms with E-state index in [-0.39, 0.29) is 0 Å². The Hall–Kier alpha value is -0.780. The lowest BCUT2D eigenvalue weighted by Gasteiger charge is -2.00. The highest BCUT2D eigenvalue weighted by Crippen LogP contribution is 2.17. The zero-order chi connectivity index (χ0) is 11.5. The van der Waals surface area contributed by atoms with Gasteiger partial charge in [-0.3, -0.25) is 0 Å². The molecule has 1 N–H and O–H groups in total. The molecule has 0 aliphatic carbocycles.